The molecule has 0 aliphatic carbocycles. The number of rotatable bonds is 12. The third-order valence-corrected chi connectivity index (χ3v) is 7.69. The van der Waals surface area contributed by atoms with Crippen molar-refractivity contribution in [1.82, 2.24) is 31.3 Å². The van der Waals surface area contributed by atoms with Crippen molar-refractivity contribution < 1.29 is 24.2 Å². The lowest BCUT2D eigenvalue weighted by Crippen LogP contribution is -2.51. The number of β-amino-alcohol motifs (C(OH)–C–C–N with tert-alkyl or cyclic N) is 1. The number of aromatic amines is 1. The fourth-order valence-electron chi connectivity index (χ4n) is 5.37. The molecule has 0 saturated heterocycles. The van der Waals surface area contributed by atoms with Crippen molar-refractivity contribution >= 4 is 29.1 Å². The van der Waals surface area contributed by atoms with Gasteiger partial charge in [-0.15, -0.1) is 0 Å². The Hall–Kier alpha value is -4.72. The minimum atomic E-state index is -0.944. The molecule has 3 aromatic carbocycles. The molecule has 0 radical (unpaired) electrons. The first-order valence-corrected chi connectivity index (χ1v) is 14.7. The third-order valence-electron chi connectivity index (χ3n) is 7.69. The highest BCUT2D eigenvalue weighted by molar-refractivity contribution is 6.00. The Morgan fingerprint density at radius 1 is 1.16 bits per heavy atom. The molecule has 0 spiro atoms. The quantitative estimate of drug-likeness (QED) is 0.140. The number of nitrogens with zero attached hydrogens (tertiary/aromatic N) is 4. The molecule has 1 aromatic heterocycles. The summed E-state index contributed by atoms with van der Waals surface area (Å²) in [5.74, 6) is -0.594. The molecule has 0 unspecified atom stereocenters. The van der Waals surface area contributed by atoms with Crippen LogP contribution in [0.5, 0.6) is 0 Å². The maximum atomic E-state index is 14.3. The molecular weight excluding hydrogens is 579 g/mol. The average Bonchev–Trinajstić information content (AvgIpc) is 3.50. The number of aromatic nitrogens is 4. The highest BCUT2D eigenvalue weighted by Gasteiger charge is 2.33. The number of aliphatic hydroxyl groups is 2. The lowest BCUT2D eigenvalue weighted by Gasteiger charge is -2.29. The zero-order chi connectivity index (χ0) is 32.0. The molecule has 2 atom stereocenters. The van der Waals surface area contributed by atoms with Crippen LogP contribution >= 0.6 is 0 Å². The number of tetrazole rings is 1. The van der Waals surface area contributed by atoms with Crippen LogP contribution in [-0.4, -0.2) is 73.5 Å². The van der Waals surface area contributed by atoms with Gasteiger partial charge in [-0.1, -0.05) is 47.6 Å². The molecule has 1 aliphatic rings. The van der Waals surface area contributed by atoms with Crippen LogP contribution in [0.1, 0.15) is 37.8 Å². The van der Waals surface area contributed by atoms with E-state index in [4.69, 9.17) is 5.11 Å². The van der Waals surface area contributed by atoms with E-state index in [-0.39, 0.29) is 37.1 Å². The number of carbonyl (C=O) groups is 2. The topological polar surface area (TPSA) is 168 Å². The lowest BCUT2D eigenvalue weighted by molar-refractivity contribution is -0.128. The highest BCUT2D eigenvalue weighted by Crippen LogP contribution is 2.32. The normalized spacial score (nSPS) is 15.7. The van der Waals surface area contributed by atoms with Gasteiger partial charge in [0.05, 0.1) is 19.3 Å². The standard InChI is InChI=1S/C32H37FN8O4/c1-32(2,34-17-24(43)19-42)16-29(44)35-27-13-11-22-15-23(33)12-14-28(22)41(30(27)45)18-20-7-9-21(10-8-20)25-5-3-4-6-26(25)36-31-37-39-40-38-31/h3-10,12,14-15,24,27,34,42-43H,11,13,16-19H2,1-2H3,(H,35,44)(H2,36,37,38,39,40)/t24-,27+/m0/s1. The molecular formula is C32H37FN8O4. The van der Waals surface area contributed by atoms with E-state index < -0.39 is 24.3 Å². The SMILES string of the molecule is CC(C)(CC(=O)N[C@@H]1CCc2cc(F)ccc2N(Cc2ccc(-c3ccccc3Nc3nnn[nH]3)cc2)C1=O)NC[C@H](O)CO. The number of carbonyl (C=O) groups excluding carboxylic acids is 2. The predicted octanol–water partition coefficient (Wildman–Crippen LogP) is 2.83. The summed E-state index contributed by atoms with van der Waals surface area (Å²) in [6.07, 6.45) is -0.173. The van der Waals surface area contributed by atoms with E-state index in [1.54, 1.807) is 24.8 Å². The number of fused-ring (bicyclic) bond motifs is 1. The molecule has 0 fully saturated rings. The van der Waals surface area contributed by atoms with E-state index in [1.807, 2.05) is 48.5 Å². The molecule has 6 N–H and O–H groups in total. The summed E-state index contributed by atoms with van der Waals surface area (Å²) in [6.45, 7) is 3.56. The largest absolute Gasteiger partial charge is 0.394 e. The molecule has 4 aromatic rings. The second kappa shape index (κ2) is 13.9. The third kappa shape index (κ3) is 8.06. The smallest absolute Gasteiger partial charge is 0.249 e. The fraction of sp³-hybridized carbons (Fsp3) is 0.344. The van der Waals surface area contributed by atoms with Gasteiger partial charge < -0.3 is 31.1 Å². The Balaban J connectivity index is 1.33. The van der Waals surface area contributed by atoms with Gasteiger partial charge in [0.25, 0.3) is 0 Å². The molecule has 0 bridgehead atoms. The summed E-state index contributed by atoms with van der Waals surface area (Å²) in [5.41, 5.74) is 4.14. The van der Waals surface area contributed by atoms with E-state index in [2.05, 4.69) is 36.6 Å². The summed E-state index contributed by atoms with van der Waals surface area (Å²) in [7, 11) is 0. The maximum Gasteiger partial charge on any atom is 0.249 e. The Labute approximate surface area is 260 Å². The van der Waals surface area contributed by atoms with Crippen LogP contribution in [-0.2, 0) is 22.6 Å². The Kier molecular flexibility index (Phi) is 9.81. The van der Waals surface area contributed by atoms with Gasteiger partial charge in [0.2, 0.25) is 17.8 Å². The second-order valence-corrected chi connectivity index (χ2v) is 11.8. The summed E-state index contributed by atoms with van der Waals surface area (Å²) >= 11 is 0. The van der Waals surface area contributed by atoms with Crippen LogP contribution < -0.4 is 20.9 Å². The fourth-order valence-corrected chi connectivity index (χ4v) is 5.37. The van der Waals surface area contributed by atoms with Crippen LogP contribution in [0, 0.1) is 5.82 Å². The van der Waals surface area contributed by atoms with Crippen molar-refractivity contribution in [3.63, 3.8) is 0 Å². The first-order valence-electron chi connectivity index (χ1n) is 14.7. The van der Waals surface area contributed by atoms with Crippen LogP contribution in [0.3, 0.4) is 0 Å². The monoisotopic (exact) mass is 616 g/mol. The zero-order valence-electron chi connectivity index (χ0n) is 25.1. The van der Waals surface area contributed by atoms with Gasteiger partial charge in [-0.25, -0.2) is 9.49 Å². The van der Waals surface area contributed by atoms with Crippen LogP contribution in [0.4, 0.5) is 21.7 Å². The summed E-state index contributed by atoms with van der Waals surface area (Å²) in [6, 6.07) is 19.1. The number of aliphatic hydroxyl groups excluding tert-OH is 2. The highest BCUT2D eigenvalue weighted by atomic mass is 19.1. The second-order valence-electron chi connectivity index (χ2n) is 11.8. The number of nitrogens with one attached hydrogen (secondary N) is 4. The van der Waals surface area contributed by atoms with Crippen molar-refractivity contribution in [2.24, 2.45) is 0 Å². The molecule has 0 saturated carbocycles. The number of anilines is 3. The number of hydrogen-bond acceptors (Lipinski definition) is 9. The van der Waals surface area contributed by atoms with Crippen LogP contribution in [0.2, 0.25) is 0 Å². The molecule has 1 aliphatic heterocycles. The average molecular weight is 617 g/mol. The molecule has 45 heavy (non-hydrogen) atoms. The van der Waals surface area contributed by atoms with Crippen LogP contribution in [0.15, 0.2) is 66.7 Å². The number of aryl methyl sites for hydroxylation is 1. The van der Waals surface area contributed by atoms with Gasteiger partial charge in [-0.2, -0.15) is 0 Å². The van der Waals surface area contributed by atoms with Gasteiger partial charge in [-0.3, -0.25) is 9.59 Å². The predicted molar refractivity (Wildman–Crippen MR) is 167 cm³/mol. The number of halogens is 1. The van der Waals surface area contributed by atoms with Gasteiger partial charge in [-0.05, 0) is 78.1 Å². The van der Waals surface area contributed by atoms with E-state index in [1.165, 1.54) is 12.1 Å². The van der Waals surface area contributed by atoms with E-state index in [9.17, 15) is 19.1 Å². The number of amides is 2. The van der Waals surface area contributed by atoms with Crippen molar-refractivity contribution in [3.8, 4) is 11.1 Å². The zero-order valence-corrected chi connectivity index (χ0v) is 25.1. The maximum absolute atomic E-state index is 14.3. The van der Waals surface area contributed by atoms with E-state index in [0.717, 1.165) is 22.4 Å². The van der Waals surface area contributed by atoms with E-state index >= 15 is 0 Å². The van der Waals surface area contributed by atoms with Gasteiger partial charge >= 0.3 is 0 Å². The van der Waals surface area contributed by atoms with Gasteiger partial charge in [0.1, 0.15) is 11.9 Å². The Morgan fingerprint density at radius 3 is 2.67 bits per heavy atom. The van der Waals surface area contributed by atoms with E-state index in [0.29, 0.717) is 30.0 Å². The molecule has 5 rings (SSSR count). The van der Waals surface area contributed by atoms with Crippen molar-refractivity contribution in [2.75, 3.05) is 23.4 Å². The minimum Gasteiger partial charge on any atom is -0.394 e. The van der Waals surface area contributed by atoms with Crippen LogP contribution in [0.25, 0.3) is 11.1 Å². The van der Waals surface area contributed by atoms with Crippen molar-refractivity contribution in [2.45, 2.75) is 57.3 Å². The number of hydrogen-bond donors (Lipinski definition) is 6. The summed E-state index contributed by atoms with van der Waals surface area (Å²) in [4.78, 5) is 28.6. The molecule has 12 nitrogen and oxygen atoms in total. The van der Waals surface area contributed by atoms with Crippen molar-refractivity contribution in [1.29, 1.82) is 0 Å². The minimum absolute atomic E-state index is 0.0429. The molecule has 2 heterocycles. The molecule has 2 amide bonds. The first-order chi connectivity index (χ1) is 21.6. The summed E-state index contributed by atoms with van der Waals surface area (Å²) in [5, 5.41) is 41.7. The number of benzene rings is 3. The molecule has 13 heteroatoms. The number of H-pyrrole nitrogens is 1. The first kappa shape index (κ1) is 31.7. The number of para-hydroxylation sites is 1. The van der Waals surface area contributed by atoms with Gasteiger partial charge in [0.15, 0.2) is 0 Å². The van der Waals surface area contributed by atoms with Gasteiger partial charge in [0, 0.05) is 35.4 Å². The Morgan fingerprint density at radius 2 is 1.93 bits per heavy atom. The summed E-state index contributed by atoms with van der Waals surface area (Å²) < 4.78 is 14.3. The van der Waals surface area contributed by atoms with Crippen molar-refractivity contribution in [3.05, 3.63) is 83.7 Å². The lowest BCUT2D eigenvalue weighted by atomic mass is 9.99. The molecule has 236 valence electrons. The Bertz CT molecular complexity index is 1610.